The van der Waals surface area contributed by atoms with Gasteiger partial charge in [0.25, 0.3) is 0 Å². The lowest BCUT2D eigenvalue weighted by molar-refractivity contribution is 0.0475. The molecule has 0 saturated heterocycles. The summed E-state index contributed by atoms with van der Waals surface area (Å²) in [5.74, 6) is 0.302. The maximum absolute atomic E-state index is 11.7. The second-order valence-corrected chi connectivity index (χ2v) is 4.65. The Morgan fingerprint density at radius 2 is 2.17 bits per heavy atom. The van der Waals surface area contributed by atoms with E-state index in [9.17, 15) is 4.79 Å². The van der Waals surface area contributed by atoms with Gasteiger partial charge < -0.3 is 15.0 Å². The van der Waals surface area contributed by atoms with Crippen LogP contribution in [0.1, 0.15) is 24.3 Å². The lowest BCUT2D eigenvalue weighted by Gasteiger charge is -2.11. The number of hydrogen-bond acceptors (Lipinski definition) is 5. The highest BCUT2D eigenvalue weighted by atomic mass is 16.5. The van der Waals surface area contributed by atoms with Gasteiger partial charge in [0.15, 0.2) is 5.69 Å². The average Bonchev–Trinajstić information content (AvgIpc) is 2.27. The van der Waals surface area contributed by atoms with Crippen LogP contribution in [0.5, 0.6) is 0 Å². The number of ether oxygens (including phenoxy) is 1. The fraction of sp³-hybridized carbons (Fsp3) is 0.538. The fourth-order valence-corrected chi connectivity index (χ4v) is 1.32. The van der Waals surface area contributed by atoms with E-state index < -0.39 is 0 Å². The molecule has 1 aromatic heterocycles. The van der Waals surface area contributed by atoms with E-state index in [1.54, 1.807) is 12.1 Å². The van der Waals surface area contributed by atoms with Gasteiger partial charge in [0, 0.05) is 12.6 Å². The van der Waals surface area contributed by atoms with E-state index in [0.717, 1.165) is 0 Å². The molecule has 0 saturated carbocycles. The second kappa shape index (κ2) is 6.96. The molecule has 0 amide bonds. The van der Waals surface area contributed by atoms with E-state index in [0.29, 0.717) is 24.7 Å². The highest BCUT2D eigenvalue weighted by Crippen LogP contribution is 2.07. The zero-order valence-electron chi connectivity index (χ0n) is 11.4. The molecule has 18 heavy (non-hydrogen) atoms. The molecular formula is C13H21N3O2. The third-order valence-electron chi connectivity index (χ3n) is 2.17. The molecule has 0 unspecified atom stereocenters. The second-order valence-electron chi connectivity index (χ2n) is 4.65. The SMILES string of the molecule is CC(C)Nc1cccc(C(=O)OCCN(C)C)n1. The Kier molecular flexibility index (Phi) is 5.58. The van der Waals surface area contributed by atoms with Gasteiger partial charge in [-0.25, -0.2) is 9.78 Å². The van der Waals surface area contributed by atoms with Crippen LogP contribution >= 0.6 is 0 Å². The van der Waals surface area contributed by atoms with Crippen molar-refractivity contribution >= 4 is 11.8 Å². The zero-order chi connectivity index (χ0) is 13.5. The number of esters is 1. The number of hydrogen-bond donors (Lipinski definition) is 1. The molecule has 0 bridgehead atoms. The molecule has 0 radical (unpaired) electrons. The highest BCUT2D eigenvalue weighted by molar-refractivity contribution is 5.87. The van der Waals surface area contributed by atoms with Crippen molar-refractivity contribution in [3.8, 4) is 0 Å². The van der Waals surface area contributed by atoms with Gasteiger partial charge in [0.2, 0.25) is 0 Å². The summed E-state index contributed by atoms with van der Waals surface area (Å²) in [5.41, 5.74) is 0.333. The maximum atomic E-state index is 11.7. The average molecular weight is 251 g/mol. The van der Waals surface area contributed by atoms with Crippen LogP contribution in [0.3, 0.4) is 0 Å². The summed E-state index contributed by atoms with van der Waals surface area (Å²) < 4.78 is 5.13. The first-order chi connectivity index (χ1) is 8.49. The molecule has 1 N–H and O–H groups in total. The molecule has 5 nitrogen and oxygen atoms in total. The lowest BCUT2D eigenvalue weighted by atomic mass is 10.3. The first-order valence-corrected chi connectivity index (χ1v) is 6.04. The Hall–Kier alpha value is -1.62. The molecular weight excluding hydrogens is 230 g/mol. The van der Waals surface area contributed by atoms with E-state index in [1.807, 2.05) is 38.9 Å². The smallest absolute Gasteiger partial charge is 0.357 e. The molecule has 0 atom stereocenters. The molecule has 1 aromatic rings. The minimum absolute atomic E-state index is 0.275. The number of nitrogens with one attached hydrogen (secondary N) is 1. The van der Waals surface area contributed by atoms with Gasteiger partial charge in [-0.05, 0) is 40.1 Å². The number of carbonyl (C=O) groups excluding carboxylic acids is 1. The van der Waals surface area contributed by atoms with Crippen LogP contribution in [-0.4, -0.2) is 49.1 Å². The lowest BCUT2D eigenvalue weighted by Crippen LogP contribution is -2.20. The standard InChI is InChI=1S/C13H21N3O2/c1-10(2)14-12-7-5-6-11(15-12)13(17)18-9-8-16(3)4/h5-7,10H,8-9H2,1-4H3,(H,14,15). The molecule has 0 aliphatic heterocycles. The third kappa shape index (κ3) is 5.14. The van der Waals surface area contributed by atoms with Crippen LogP contribution < -0.4 is 5.32 Å². The number of carbonyl (C=O) groups is 1. The minimum Gasteiger partial charge on any atom is -0.460 e. The molecule has 100 valence electrons. The van der Waals surface area contributed by atoms with Crippen molar-refractivity contribution in [3.63, 3.8) is 0 Å². The normalized spacial score (nSPS) is 10.8. The molecule has 0 fully saturated rings. The molecule has 0 spiro atoms. The van der Waals surface area contributed by atoms with Crippen molar-refractivity contribution in [2.45, 2.75) is 19.9 Å². The van der Waals surface area contributed by atoms with Crippen LogP contribution in [0, 0.1) is 0 Å². The Labute approximate surface area is 108 Å². The molecule has 5 heteroatoms. The Morgan fingerprint density at radius 3 is 2.78 bits per heavy atom. The van der Waals surface area contributed by atoms with Crippen molar-refractivity contribution in [1.29, 1.82) is 0 Å². The number of nitrogens with zero attached hydrogens (tertiary/aromatic N) is 2. The number of pyridine rings is 1. The topological polar surface area (TPSA) is 54.5 Å². The van der Waals surface area contributed by atoms with Gasteiger partial charge in [-0.15, -0.1) is 0 Å². The summed E-state index contributed by atoms with van der Waals surface area (Å²) in [6, 6.07) is 5.55. The van der Waals surface area contributed by atoms with Crippen molar-refractivity contribution in [1.82, 2.24) is 9.88 Å². The quantitative estimate of drug-likeness (QED) is 0.779. The largest absolute Gasteiger partial charge is 0.460 e. The molecule has 0 aromatic carbocycles. The summed E-state index contributed by atoms with van der Waals surface area (Å²) in [5, 5.41) is 3.15. The predicted molar refractivity (Wildman–Crippen MR) is 71.8 cm³/mol. The number of aromatic nitrogens is 1. The summed E-state index contributed by atoms with van der Waals surface area (Å²) in [7, 11) is 3.86. The van der Waals surface area contributed by atoms with E-state index >= 15 is 0 Å². The van der Waals surface area contributed by atoms with E-state index in [4.69, 9.17) is 4.74 Å². The highest BCUT2D eigenvalue weighted by Gasteiger charge is 2.09. The van der Waals surface area contributed by atoms with Crippen LogP contribution in [0.4, 0.5) is 5.82 Å². The van der Waals surface area contributed by atoms with Crippen molar-refractivity contribution in [3.05, 3.63) is 23.9 Å². The van der Waals surface area contributed by atoms with Crippen LogP contribution in [-0.2, 0) is 4.74 Å². The summed E-state index contributed by atoms with van der Waals surface area (Å²) in [6.07, 6.45) is 0. The minimum atomic E-state index is -0.385. The van der Waals surface area contributed by atoms with Gasteiger partial charge in [0.1, 0.15) is 12.4 Å². The van der Waals surface area contributed by atoms with Crippen molar-refractivity contribution in [2.24, 2.45) is 0 Å². The number of rotatable bonds is 6. The van der Waals surface area contributed by atoms with E-state index in [2.05, 4.69) is 10.3 Å². The van der Waals surface area contributed by atoms with Gasteiger partial charge in [-0.3, -0.25) is 0 Å². The van der Waals surface area contributed by atoms with Crippen LogP contribution in [0.15, 0.2) is 18.2 Å². The van der Waals surface area contributed by atoms with Crippen molar-refractivity contribution < 1.29 is 9.53 Å². The third-order valence-corrected chi connectivity index (χ3v) is 2.17. The Morgan fingerprint density at radius 1 is 1.44 bits per heavy atom. The van der Waals surface area contributed by atoms with Gasteiger partial charge in [-0.2, -0.15) is 0 Å². The number of anilines is 1. The molecule has 1 heterocycles. The monoisotopic (exact) mass is 251 g/mol. The Balaban J connectivity index is 2.57. The fourth-order valence-electron chi connectivity index (χ4n) is 1.32. The molecule has 0 aliphatic carbocycles. The zero-order valence-corrected chi connectivity index (χ0v) is 11.4. The molecule has 0 aliphatic rings. The summed E-state index contributed by atoms with van der Waals surface area (Å²) in [6.45, 7) is 5.11. The van der Waals surface area contributed by atoms with Crippen LogP contribution in [0.25, 0.3) is 0 Å². The van der Waals surface area contributed by atoms with Crippen molar-refractivity contribution in [2.75, 3.05) is 32.6 Å². The van der Waals surface area contributed by atoms with E-state index in [1.165, 1.54) is 0 Å². The van der Waals surface area contributed by atoms with Gasteiger partial charge in [-0.1, -0.05) is 6.07 Å². The van der Waals surface area contributed by atoms with E-state index in [-0.39, 0.29) is 12.0 Å². The summed E-state index contributed by atoms with van der Waals surface area (Å²) in [4.78, 5) is 17.9. The first-order valence-electron chi connectivity index (χ1n) is 6.04. The maximum Gasteiger partial charge on any atom is 0.357 e. The number of likely N-dealkylation sites (N-methyl/N-ethyl adjacent to an activating group) is 1. The predicted octanol–water partition coefficient (Wildman–Crippen LogP) is 1.62. The first kappa shape index (κ1) is 14.4. The Bertz CT molecular complexity index is 392. The van der Waals surface area contributed by atoms with Gasteiger partial charge in [0.05, 0.1) is 0 Å². The summed E-state index contributed by atoms with van der Waals surface area (Å²) >= 11 is 0. The molecule has 1 rings (SSSR count). The van der Waals surface area contributed by atoms with Gasteiger partial charge >= 0.3 is 5.97 Å². The van der Waals surface area contributed by atoms with Crippen LogP contribution in [0.2, 0.25) is 0 Å².